The maximum absolute atomic E-state index is 12.4. The molecule has 0 bridgehead atoms. The molecule has 2 rings (SSSR count). The lowest BCUT2D eigenvalue weighted by Gasteiger charge is -2.09. The average molecular weight is 416 g/mol. The standard InChI is InChI=1S/C12H9Cl3N2O4S2/c1-5-9(4-10(18)19)22-12(16-5)17-23(20,21)11-7(14)2-6(13)3-8(11)15/h2-3H,4H2,1H3,(H,16,17)(H,18,19). The van der Waals surface area contributed by atoms with Crippen LogP contribution in [-0.2, 0) is 21.2 Å². The number of thiazole rings is 1. The topological polar surface area (TPSA) is 96.4 Å². The Kier molecular flexibility index (Phi) is 5.42. The number of carboxylic acids is 1. The second kappa shape index (κ2) is 6.82. The Morgan fingerprint density at radius 2 is 1.87 bits per heavy atom. The lowest BCUT2D eigenvalue weighted by molar-refractivity contribution is -0.136. The SMILES string of the molecule is Cc1nc(NS(=O)(=O)c2c(Cl)cc(Cl)cc2Cl)sc1CC(=O)O. The molecule has 0 aliphatic rings. The summed E-state index contributed by atoms with van der Waals surface area (Å²) < 4.78 is 27.1. The van der Waals surface area contributed by atoms with Crippen molar-refractivity contribution in [2.24, 2.45) is 0 Å². The molecule has 0 amide bonds. The molecule has 0 fully saturated rings. The number of rotatable bonds is 5. The zero-order chi connectivity index (χ0) is 17.4. The summed E-state index contributed by atoms with van der Waals surface area (Å²) in [7, 11) is -4.10. The van der Waals surface area contributed by atoms with Crippen LogP contribution in [0.4, 0.5) is 5.13 Å². The van der Waals surface area contributed by atoms with Crippen molar-refractivity contribution in [3.05, 3.63) is 37.8 Å². The summed E-state index contributed by atoms with van der Waals surface area (Å²) in [6.45, 7) is 1.59. The lowest BCUT2D eigenvalue weighted by Crippen LogP contribution is -2.14. The number of aromatic nitrogens is 1. The third-order valence-corrected chi connectivity index (χ3v) is 6.34. The Morgan fingerprint density at radius 1 is 1.30 bits per heavy atom. The second-order valence-electron chi connectivity index (χ2n) is 4.40. The summed E-state index contributed by atoms with van der Waals surface area (Å²) in [5, 5.41) is 8.77. The normalized spacial score (nSPS) is 11.5. The Morgan fingerprint density at radius 3 is 2.39 bits per heavy atom. The van der Waals surface area contributed by atoms with E-state index >= 15 is 0 Å². The van der Waals surface area contributed by atoms with Crippen LogP contribution in [0.1, 0.15) is 10.6 Å². The highest BCUT2D eigenvalue weighted by molar-refractivity contribution is 7.93. The van der Waals surface area contributed by atoms with Crippen molar-refractivity contribution in [2.45, 2.75) is 18.2 Å². The van der Waals surface area contributed by atoms with Crippen LogP contribution in [0, 0.1) is 6.92 Å². The predicted octanol–water partition coefficient (Wildman–Crippen LogP) is 3.84. The molecule has 1 aromatic heterocycles. The molecule has 0 unspecified atom stereocenters. The summed E-state index contributed by atoms with van der Waals surface area (Å²) in [4.78, 5) is 14.9. The van der Waals surface area contributed by atoms with E-state index in [4.69, 9.17) is 39.9 Å². The summed E-state index contributed by atoms with van der Waals surface area (Å²) in [6, 6.07) is 2.51. The van der Waals surface area contributed by atoms with E-state index in [2.05, 4.69) is 9.71 Å². The molecule has 1 aromatic carbocycles. The number of nitrogens with one attached hydrogen (secondary N) is 1. The number of anilines is 1. The summed E-state index contributed by atoms with van der Waals surface area (Å²) in [5.74, 6) is -1.03. The molecule has 0 aliphatic carbocycles. The van der Waals surface area contributed by atoms with Gasteiger partial charge in [-0.05, 0) is 19.1 Å². The van der Waals surface area contributed by atoms with Crippen LogP contribution in [-0.4, -0.2) is 24.5 Å². The number of sulfonamides is 1. The quantitative estimate of drug-likeness (QED) is 0.773. The molecule has 0 atom stereocenters. The Hall–Kier alpha value is -1.06. The van der Waals surface area contributed by atoms with E-state index in [0.29, 0.717) is 10.6 Å². The van der Waals surface area contributed by atoms with E-state index in [1.54, 1.807) is 6.92 Å². The van der Waals surface area contributed by atoms with Crippen molar-refractivity contribution in [2.75, 3.05) is 4.72 Å². The molecule has 11 heteroatoms. The highest BCUT2D eigenvalue weighted by Crippen LogP contribution is 2.34. The molecule has 0 aliphatic heterocycles. The van der Waals surface area contributed by atoms with Gasteiger partial charge in [-0.1, -0.05) is 34.8 Å². The highest BCUT2D eigenvalue weighted by Gasteiger charge is 2.24. The molecule has 124 valence electrons. The van der Waals surface area contributed by atoms with Crippen molar-refractivity contribution in [1.82, 2.24) is 4.98 Å². The van der Waals surface area contributed by atoms with Gasteiger partial charge < -0.3 is 5.11 Å². The summed E-state index contributed by atoms with van der Waals surface area (Å²) in [6.07, 6.45) is -0.242. The fourth-order valence-corrected chi connectivity index (χ4v) is 5.46. The van der Waals surface area contributed by atoms with Crippen molar-refractivity contribution in [1.29, 1.82) is 0 Å². The van der Waals surface area contributed by atoms with Crippen LogP contribution in [0.5, 0.6) is 0 Å². The van der Waals surface area contributed by atoms with Gasteiger partial charge in [-0.2, -0.15) is 0 Å². The van der Waals surface area contributed by atoms with Crippen molar-refractivity contribution in [3.8, 4) is 0 Å². The third kappa shape index (κ3) is 4.27. The summed E-state index contributed by atoms with van der Waals surface area (Å²) in [5.41, 5.74) is 0.434. The first-order valence-corrected chi connectivity index (χ1v) is 9.39. The van der Waals surface area contributed by atoms with Gasteiger partial charge in [-0.25, -0.2) is 13.4 Å². The number of hydrogen-bond donors (Lipinski definition) is 2. The van der Waals surface area contributed by atoms with Gasteiger partial charge in [-0.15, -0.1) is 11.3 Å². The van der Waals surface area contributed by atoms with Crippen LogP contribution in [0.2, 0.25) is 15.1 Å². The number of aryl methyl sites for hydroxylation is 1. The largest absolute Gasteiger partial charge is 0.481 e. The number of aliphatic carboxylic acids is 1. The number of nitrogens with zero attached hydrogens (tertiary/aromatic N) is 1. The Balaban J connectivity index is 2.38. The van der Waals surface area contributed by atoms with Crippen LogP contribution in [0.25, 0.3) is 0 Å². The molecular weight excluding hydrogens is 407 g/mol. The molecule has 6 nitrogen and oxygen atoms in total. The van der Waals surface area contributed by atoms with Gasteiger partial charge in [-0.3, -0.25) is 9.52 Å². The third-order valence-electron chi connectivity index (χ3n) is 2.66. The predicted molar refractivity (Wildman–Crippen MR) is 90.5 cm³/mol. The maximum Gasteiger partial charge on any atom is 0.308 e. The van der Waals surface area contributed by atoms with E-state index in [1.165, 1.54) is 12.1 Å². The Bertz CT molecular complexity index is 857. The fourth-order valence-electron chi connectivity index (χ4n) is 1.72. The molecule has 0 saturated heterocycles. The smallest absolute Gasteiger partial charge is 0.308 e. The first kappa shape index (κ1) is 18.3. The number of carboxylic acid groups (broad SMARTS) is 1. The number of carbonyl (C=O) groups is 1. The average Bonchev–Trinajstić information content (AvgIpc) is 2.65. The fraction of sp³-hybridized carbons (Fsp3) is 0.167. The molecule has 2 N–H and O–H groups in total. The maximum atomic E-state index is 12.4. The zero-order valence-electron chi connectivity index (χ0n) is 11.4. The number of benzene rings is 1. The second-order valence-corrected chi connectivity index (χ2v) is 8.36. The Labute approximate surface area is 151 Å². The molecule has 0 radical (unpaired) electrons. The number of halogens is 3. The molecule has 2 aromatic rings. The minimum atomic E-state index is -4.10. The van der Waals surface area contributed by atoms with E-state index < -0.39 is 16.0 Å². The van der Waals surface area contributed by atoms with E-state index in [-0.39, 0.29) is 31.5 Å². The van der Waals surface area contributed by atoms with Gasteiger partial charge in [0, 0.05) is 9.90 Å². The van der Waals surface area contributed by atoms with E-state index in [1.807, 2.05) is 0 Å². The van der Waals surface area contributed by atoms with Crippen LogP contribution in [0.3, 0.4) is 0 Å². The van der Waals surface area contributed by atoms with Gasteiger partial charge in [0.15, 0.2) is 5.13 Å². The monoisotopic (exact) mass is 414 g/mol. The minimum Gasteiger partial charge on any atom is -0.481 e. The van der Waals surface area contributed by atoms with Crippen molar-refractivity contribution < 1.29 is 18.3 Å². The van der Waals surface area contributed by atoms with Gasteiger partial charge in [0.05, 0.1) is 22.2 Å². The molecule has 23 heavy (non-hydrogen) atoms. The minimum absolute atomic E-state index is 0.0285. The van der Waals surface area contributed by atoms with Crippen LogP contribution in [0.15, 0.2) is 17.0 Å². The zero-order valence-corrected chi connectivity index (χ0v) is 15.3. The van der Waals surface area contributed by atoms with Crippen molar-refractivity contribution >= 4 is 67.3 Å². The molecule has 0 spiro atoms. The van der Waals surface area contributed by atoms with E-state index in [0.717, 1.165) is 11.3 Å². The van der Waals surface area contributed by atoms with Gasteiger partial charge in [0.1, 0.15) is 4.90 Å². The van der Waals surface area contributed by atoms with Crippen LogP contribution >= 0.6 is 46.1 Å². The molecule has 1 heterocycles. The van der Waals surface area contributed by atoms with Crippen LogP contribution < -0.4 is 4.72 Å². The van der Waals surface area contributed by atoms with Crippen molar-refractivity contribution in [3.63, 3.8) is 0 Å². The summed E-state index contributed by atoms with van der Waals surface area (Å²) >= 11 is 18.5. The molecular formula is C12H9Cl3N2O4S2. The number of hydrogen-bond acceptors (Lipinski definition) is 5. The first-order valence-electron chi connectivity index (χ1n) is 5.95. The lowest BCUT2D eigenvalue weighted by atomic mass is 10.3. The highest BCUT2D eigenvalue weighted by atomic mass is 35.5. The van der Waals surface area contributed by atoms with E-state index in [9.17, 15) is 13.2 Å². The first-order chi connectivity index (χ1) is 10.6. The van der Waals surface area contributed by atoms with Gasteiger partial charge in [0.2, 0.25) is 0 Å². The van der Waals surface area contributed by atoms with Gasteiger partial charge in [0.25, 0.3) is 10.0 Å². The molecule has 0 saturated carbocycles. The van der Waals surface area contributed by atoms with Gasteiger partial charge >= 0.3 is 5.97 Å².